The minimum absolute atomic E-state index is 0.273. The molecule has 2 aromatic rings. The van der Waals surface area contributed by atoms with Gasteiger partial charge in [0.2, 0.25) is 10.0 Å². The third kappa shape index (κ3) is 5.00. The van der Waals surface area contributed by atoms with Crippen LogP contribution in [0.4, 0.5) is 5.69 Å². The van der Waals surface area contributed by atoms with E-state index in [9.17, 15) is 8.42 Å². The molecule has 0 aromatic heterocycles. The van der Waals surface area contributed by atoms with Gasteiger partial charge in [-0.15, -0.1) is 0 Å². The lowest BCUT2D eigenvalue weighted by molar-refractivity contribution is 0.262. The fraction of sp³-hybridized carbons (Fsp3) is 0.400. The van der Waals surface area contributed by atoms with Gasteiger partial charge in [-0.05, 0) is 42.8 Å². The van der Waals surface area contributed by atoms with Gasteiger partial charge in [0.25, 0.3) is 0 Å². The molecule has 0 aliphatic carbocycles. The summed E-state index contributed by atoms with van der Waals surface area (Å²) in [6, 6.07) is 15.3. The Kier molecular flexibility index (Phi) is 6.36. The van der Waals surface area contributed by atoms with Crippen molar-refractivity contribution in [3.05, 3.63) is 54.1 Å². The van der Waals surface area contributed by atoms with Gasteiger partial charge in [-0.3, -0.25) is 4.90 Å². The number of sulfonamides is 1. The van der Waals surface area contributed by atoms with Crippen LogP contribution < -0.4 is 14.4 Å². The molecule has 1 fully saturated rings. The molecule has 1 saturated heterocycles. The van der Waals surface area contributed by atoms with E-state index < -0.39 is 10.0 Å². The summed E-state index contributed by atoms with van der Waals surface area (Å²) in [5.41, 5.74) is 2.05. The second kappa shape index (κ2) is 8.73. The maximum atomic E-state index is 12.5. The van der Waals surface area contributed by atoms with Gasteiger partial charge in [-0.25, -0.2) is 13.1 Å². The number of anilines is 1. The fourth-order valence-electron chi connectivity index (χ4n) is 3.31. The molecule has 1 aliphatic heterocycles. The van der Waals surface area contributed by atoms with E-state index in [1.54, 1.807) is 25.3 Å². The van der Waals surface area contributed by atoms with Gasteiger partial charge in [0.1, 0.15) is 5.75 Å². The molecule has 0 radical (unpaired) electrons. The van der Waals surface area contributed by atoms with E-state index in [0.29, 0.717) is 18.8 Å². The van der Waals surface area contributed by atoms with Gasteiger partial charge < -0.3 is 9.64 Å². The van der Waals surface area contributed by atoms with Crippen LogP contribution >= 0.6 is 0 Å². The lowest BCUT2D eigenvalue weighted by Gasteiger charge is -2.36. The molecule has 0 amide bonds. The lowest BCUT2D eigenvalue weighted by atomic mass is 10.2. The van der Waals surface area contributed by atoms with Gasteiger partial charge in [-0.1, -0.05) is 18.2 Å². The molecule has 0 atom stereocenters. The normalized spacial score (nSPS) is 15.7. The number of nitrogens with one attached hydrogen (secondary N) is 1. The molecule has 2 aromatic carbocycles. The first kappa shape index (κ1) is 19.7. The molecule has 27 heavy (non-hydrogen) atoms. The van der Waals surface area contributed by atoms with Crippen molar-refractivity contribution in [3.8, 4) is 5.75 Å². The van der Waals surface area contributed by atoms with Crippen LogP contribution in [-0.4, -0.2) is 59.7 Å². The van der Waals surface area contributed by atoms with Gasteiger partial charge in [0.15, 0.2) is 0 Å². The zero-order valence-electron chi connectivity index (χ0n) is 15.9. The number of hydrogen-bond donors (Lipinski definition) is 1. The summed E-state index contributed by atoms with van der Waals surface area (Å²) in [6.45, 7) is 6.71. The Morgan fingerprint density at radius 2 is 1.74 bits per heavy atom. The summed E-state index contributed by atoms with van der Waals surface area (Å²) in [5, 5.41) is 0. The number of methoxy groups -OCH3 is 1. The predicted molar refractivity (Wildman–Crippen MR) is 108 cm³/mol. The molecule has 0 unspecified atom stereocenters. The molecular weight excluding hydrogens is 362 g/mol. The minimum atomic E-state index is -3.50. The summed E-state index contributed by atoms with van der Waals surface area (Å²) >= 11 is 0. The molecule has 1 N–H and O–H groups in total. The smallest absolute Gasteiger partial charge is 0.240 e. The maximum absolute atomic E-state index is 12.5. The molecule has 0 saturated carbocycles. The van der Waals surface area contributed by atoms with Crippen LogP contribution in [0.25, 0.3) is 0 Å². The first-order valence-corrected chi connectivity index (χ1v) is 10.6. The van der Waals surface area contributed by atoms with Crippen LogP contribution in [0.3, 0.4) is 0 Å². The van der Waals surface area contributed by atoms with Gasteiger partial charge >= 0.3 is 0 Å². The van der Waals surface area contributed by atoms with Crippen LogP contribution in [0.2, 0.25) is 0 Å². The number of hydrogen-bond acceptors (Lipinski definition) is 5. The highest BCUT2D eigenvalue weighted by Crippen LogP contribution is 2.21. The summed E-state index contributed by atoms with van der Waals surface area (Å²) in [4.78, 5) is 4.93. The minimum Gasteiger partial charge on any atom is -0.496 e. The van der Waals surface area contributed by atoms with Crippen molar-refractivity contribution in [3.63, 3.8) is 0 Å². The number of piperazine rings is 1. The second-order valence-corrected chi connectivity index (χ2v) is 8.46. The monoisotopic (exact) mass is 389 g/mol. The Hall–Kier alpha value is -2.09. The van der Waals surface area contributed by atoms with Crippen LogP contribution in [0.15, 0.2) is 53.4 Å². The van der Waals surface area contributed by atoms with Crippen LogP contribution in [0, 0.1) is 6.92 Å². The summed E-state index contributed by atoms with van der Waals surface area (Å²) in [5.74, 6) is 0.685. The van der Waals surface area contributed by atoms with Crippen molar-refractivity contribution < 1.29 is 13.2 Å². The predicted octanol–water partition coefficient (Wildman–Crippen LogP) is 2.10. The average molecular weight is 390 g/mol. The van der Waals surface area contributed by atoms with Crippen molar-refractivity contribution in [1.29, 1.82) is 0 Å². The highest BCUT2D eigenvalue weighted by molar-refractivity contribution is 7.89. The second-order valence-electron chi connectivity index (χ2n) is 6.69. The molecule has 0 bridgehead atoms. The Balaban J connectivity index is 1.48. The third-order valence-electron chi connectivity index (χ3n) is 4.89. The van der Waals surface area contributed by atoms with Crippen LogP contribution in [0.1, 0.15) is 5.56 Å². The zero-order valence-corrected chi connectivity index (χ0v) is 16.7. The largest absolute Gasteiger partial charge is 0.496 e. The van der Waals surface area contributed by atoms with E-state index in [-0.39, 0.29) is 4.90 Å². The maximum Gasteiger partial charge on any atom is 0.240 e. The molecule has 1 heterocycles. The fourth-order valence-corrected chi connectivity index (χ4v) is 4.41. The SMILES string of the molecule is COc1ccc(S(=O)(=O)NCCN2CCN(c3ccccc3)CC2)cc1C. The van der Waals surface area contributed by atoms with E-state index in [0.717, 1.165) is 31.7 Å². The zero-order chi connectivity index (χ0) is 19.3. The number of benzene rings is 2. The van der Waals surface area contributed by atoms with Crippen LogP contribution in [-0.2, 0) is 10.0 Å². The highest BCUT2D eigenvalue weighted by Gasteiger charge is 2.19. The Morgan fingerprint density at radius 3 is 2.37 bits per heavy atom. The van der Waals surface area contributed by atoms with E-state index in [1.165, 1.54) is 5.69 Å². The molecule has 0 spiro atoms. The molecule has 146 valence electrons. The van der Waals surface area contributed by atoms with Gasteiger partial charge in [0, 0.05) is 45.0 Å². The van der Waals surface area contributed by atoms with Crippen molar-refractivity contribution in [1.82, 2.24) is 9.62 Å². The van der Waals surface area contributed by atoms with Crippen molar-refractivity contribution in [2.45, 2.75) is 11.8 Å². The quantitative estimate of drug-likeness (QED) is 0.786. The summed E-state index contributed by atoms with van der Waals surface area (Å²) < 4.78 is 32.9. The first-order valence-electron chi connectivity index (χ1n) is 9.16. The Labute approximate surface area is 161 Å². The molecule has 1 aliphatic rings. The standard InChI is InChI=1S/C20H27N3O3S/c1-17-16-19(8-9-20(17)26-2)27(24,25)21-10-11-22-12-14-23(15-13-22)18-6-4-3-5-7-18/h3-9,16,21H,10-15H2,1-2H3. The Bertz CT molecular complexity index is 848. The lowest BCUT2D eigenvalue weighted by Crippen LogP contribution is -2.48. The molecule has 7 heteroatoms. The van der Waals surface area contributed by atoms with Crippen molar-refractivity contribution >= 4 is 15.7 Å². The summed E-state index contributed by atoms with van der Waals surface area (Å²) in [7, 11) is -1.93. The molecule has 3 rings (SSSR count). The number of nitrogens with zero attached hydrogens (tertiary/aromatic N) is 2. The molecule has 6 nitrogen and oxygen atoms in total. The number of para-hydroxylation sites is 1. The van der Waals surface area contributed by atoms with Crippen molar-refractivity contribution in [2.24, 2.45) is 0 Å². The average Bonchev–Trinajstić information content (AvgIpc) is 2.69. The molecular formula is C20H27N3O3S. The highest BCUT2D eigenvalue weighted by atomic mass is 32.2. The van der Waals surface area contributed by atoms with E-state index in [4.69, 9.17) is 4.74 Å². The number of ether oxygens (including phenoxy) is 1. The van der Waals surface area contributed by atoms with Gasteiger partial charge in [-0.2, -0.15) is 0 Å². The number of aryl methyl sites for hydroxylation is 1. The van der Waals surface area contributed by atoms with Gasteiger partial charge in [0.05, 0.1) is 12.0 Å². The van der Waals surface area contributed by atoms with E-state index >= 15 is 0 Å². The topological polar surface area (TPSA) is 61.9 Å². The van der Waals surface area contributed by atoms with Crippen LogP contribution in [0.5, 0.6) is 5.75 Å². The van der Waals surface area contributed by atoms with E-state index in [1.807, 2.05) is 13.0 Å². The summed E-state index contributed by atoms with van der Waals surface area (Å²) in [6.07, 6.45) is 0. The Morgan fingerprint density at radius 1 is 1.04 bits per heavy atom. The van der Waals surface area contributed by atoms with Crippen molar-refractivity contribution in [2.75, 3.05) is 51.3 Å². The van der Waals surface area contributed by atoms with E-state index in [2.05, 4.69) is 38.8 Å². The number of rotatable bonds is 7. The first-order chi connectivity index (χ1) is 13.0. The third-order valence-corrected chi connectivity index (χ3v) is 6.35.